The summed E-state index contributed by atoms with van der Waals surface area (Å²) >= 11 is 4.39. The SMILES string of the molecule is CCN(CC)CCNc1ccccc1S. The van der Waals surface area contributed by atoms with E-state index in [4.69, 9.17) is 0 Å². The maximum Gasteiger partial charge on any atom is 0.0476 e. The summed E-state index contributed by atoms with van der Waals surface area (Å²) in [6, 6.07) is 8.09. The summed E-state index contributed by atoms with van der Waals surface area (Å²) in [5.41, 5.74) is 1.12. The lowest BCUT2D eigenvalue weighted by Gasteiger charge is -2.18. The van der Waals surface area contributed by atoms with Gasteiger partial charge in [-0.2, -0.15) is 0 Å². The zero-order valence-corrected chi connectivity index (χ0v) is 10.4. The third-order valence-electron chi connectivity index (χ3n) is 2.54. The highest BCUT2D eigenvalue weighted by Crippen LogP contribution is 2.17. The van der Waals surface area contributed by atoms with Crippen LogP contribution >= 0.6 is 12.6 Å². The first-order valence-electron chi connectivity index (χ1n) is 5.52. The number of likely N-dealkylation sites (N-methyl/N-ethyl adjacent to an activating group) is 1. The molecule has 0 atom stereocenters. The van der Waals surface area contributed by atoms with Crippen LogP contribution in [0.1, 0.15) is 13.8 Å². The molecule has 0 fully saturated rings. The van der Waals surface area contributed by atoms with Gasteiger partial charge in [0.05, 0.1) is 0 Å². The second-order valence-corrected chi connectivity index (χ2v) is 3.95. The number of hydrogen-bond acceptors (Lipinski definition) is 3. The Hall–Kier alpha value is -0.670. The van der Waals surface area contributed by atoms with Gasteiger partial charge >= 0.3 is 0 Å². The highest BCUT2D eigenvalue weighted by atomic mass is 32.1. The number of thiol groups is 1. The third-order valence-corrected chi connectivity index (χ3v) is 2.93. The normalized spacial score (nSPS) is 10.7. The Balaban J connectivity index is 2.34. The Labute approximate surface area is 98.1 Å². The van der Waals surface area contributed by atoms with Crippen molar-refractivity contribution in [2.75, 3.05) is 31.5 Å². The molecule has 0 bridgehead atoms. The van der Waals surface area contributed by atoms with Crippen molar-refractivity contribution in [2.45, 2.75) is 18.7 Å². The van der Waals surface area contributed by atoms with E-state index in [9.17, 15) is 0 Å². The highest BCUT2D eigenvalue weighted by Gasteiger charge is 1.99. The van der Waals surface area contributed by atoms with E-state index < -0.39 is 0 Å². The smallest absolute Gasteiger partial charge is 0.0476 e. The van der Waals surface area contributed by atoms with Crippen LogP contribution in [0.4, 0.5) is 5.69 Å². The van der Waals surface area contributed by atoms with Gasteiger partial charge in [-0.05, 0) is 25.2 Å². The molecule has 1 rings (SSSR count). The van der Waals surface area contributed by atoms with Gasteiger partial charge < -0.3 is 10.2 Å². The van der Waals surface area contributed by atoms with Crippen LogP contribution < -0.4 is 5.32 Å². The van der Waals surface area contributed by atoms with E-state index in [2.05, 4.69) is 42.8 Å². The molecule has 2 nitrogen and oxygen atoms in total. The van der Waals surface area contributed by atoms with Crippen LogP contribution in [-0.2, 0) is 0 Å². The molecular weight excluding hydrogens is 204 g/mol. The van der Waals surface area contributed by atoms with E-state index in [1.807, 2.05) is 18.2 Å². The summed E-state index contributed by atoms with van der Waals surface area (Å²) < 4.78 is 0. The van der Waals surface area contributed by atoms with E-state index in [-0.39, 0.29) is 0 Å². The molecule has 1 aromatic rings. The summed E-state index contributed by atoms with van der Waals surface area (Å²) in [5.74, 6) is 0. The quantitative estimate of drug-likeness (QED) is 0.722. The molecule has 0 aliphatic heterocycles. The van der Waals surface area contributed by atoms with E-state index in [1.165, 1.54) is 0 Å². The molecule has 0 unspecified atom stereocenters. The molecule has 0 aliphatic carbocycles. The molecule has 1 N–H and O–H groups in total. The molecule has 0 amide bonds. The molecule has 0 saturated heterocycles. The Morgan fingerprint density at radius 1 is 1.20 bits per heavy atom. The molecule has 1 aromatic carbocycles. The first-order valence-corrected chi connectivity index (χ1v) is 5.96. The van der Waals surface area contributed by atoms with Crippen molar-refractivity contribution in [1.82, 2.24) is 4.90 Å². The number of nitrogens with zero attached hydrogens (tertiary/aromatic N) is 1. The Morgan fingerprint density at radius 3 is 2.47 bits per heavy atom. The fraction of sp³-hybridized carbons (Fsp3) is 0.500. The van der Waals surface area contributed by atoms with Crippen molar-refractivity contribution in [2.24, 2.45) is 0 Å². The van der Waals surface area contributed by atoms with Gasteiger partial charge in [0, 0.05) is 23.7 Å². The van der Waals surface area contributed by atoms with Gasteiger partial charge in [0.2, 0.25) is 0 Å². The number of rotatable bonds is 6. The molecular formula is C12H20N2S. The van der Waals surface area contributed by atoms with Crippen LogP contribution in [0.25, 0.3) is 0 Å². The van der Waals surface area contributed by atoms with Gasteiger partial charge in [0.15, 0.2) is 0 Å². The van der Waals surface area contributed by atoms with E-state index in [0.29, 0.717) is 0 Å². The van der Waals surface area contributed by atoms with Crippen molar-refractivity contribution in [1.29, 1.82) is 0 Å². The monoisotopic (exact) mass is 224 g/mol. The minimum Gasteiger partial charge on any atom is -0.383 e. The zero-order valence-electron chi connectivity index (χ0n) is 9.53. The molecule has 15 heavy (non-hydrogen) atoms. The molecule has 0 saturated carbocycles. The van der Waals surface area contributed by atoms with Gasteiger partial charge in [-0.15, -0.1) is 12.6 Å². The first-order chi connectivity index (χ1) is 7.27. The van der Waals surface area contributed by atoms with Gasteiger partial charge in [-0.25, -0.2) is 0 Å². The zero-order chi connectivity index (χ0) is 11.1. The maximum atomic E-state index is 4.39. The lowest BCUT2D eigenvalue weighted by atomic mass is 10.3. The second-order valence-electron chi connectivity index (χ2n) is 3.47. The fourth-order valence-electron chi connectivity index (χ4n) is 1.51. The van der Waals surface area contributed by atoms with E-state index in [0.717, 1.165) is 36.8 Å². The number of para-hydroxylation sites is 1. The van der Waals surface area contributed by atoms with Gasteiger partial charge in [0.1, 0.15) is 0 Å². The Kier molecular flexibility index (Phi) is 5.58. The lowest BCUT2D eigenvalue weighted by Crippen LogP contribution is -2.28. The van der Waals surface area contributed by atoms with Crippen LogP contribution in [0, 0.1) is 0 Å². The van der Waals surface area contributed by atoms with Crippen molar-refractivity contribution in [3.8, 4) is 0 Å². The van der Waals surface area contributed by atoms with E-state index >= 15 is 0 Å². The topological polar surface area (TPSA) is 15.3 Å². The minimum atomic E-state index is 0.971. The van der Waals surface area contributed by atoms with Crippen molar-refractivity contribution < 1.29 is 0 Å². The first kappa shape index (κ1) is 12.4. The summed E-state index contributed by atoms with van der Waals surface area (Å²) in [6.45, 7) is 8.65. The fourth-order valence-corrected chi connectivity index (χ4v) is 1.75. The maximum absolute atomic E-state index is 4.39. The van der Waals surface area contributed by atoms with Gasteiger partial charge in [-0.3, -0.25) is 0 Å². The molecule has 0 radical (unpaired) electrons. The summed E-state index contributed by atoms with van der Waals surface area (Å²) in [6.07, 6.45) is 0. The summed E-state index contributed by atoms with van der Waals surface area (Å²) in [7, 11) is 0. The number of benzene rings is 1. The predicted octanol–water partition coefficient (Wildman–Crippen LogP) is 2.73. The standard InChI is InChI=1S/C12H20N2S/c1-3-14(4-2)10-9-13-11-7-5-6-8-12(11)15/h5-8,13,15H,3-4,9-10H2,1-2H3. The van der Waals surface area contributed by atoms with Crippen LogP contribution in [0.3, 0.4) is 0 Å². The van der Waals surface area contributed by atoms with Crippen molar-refractivity contribution in [3.05, 3.63) is 24.3 Å². The van der Waals surface area contributed by atoms with Crippen molar-refractivity contribution >= 4 is 18.3 Å². The second kappa shape index (κ2) is 6.75. The third kappa shape index (κ3) is 4.14. The van der Waals surface area contributed by atoms with Crippen LogP contribution in [-0.4, -0.2) is 31.1 Å². The summed E-state index contributed by atoms with van der Waals surface area (Å²) in [5, 5.41) is 3.39. The molecule has 0 aliphatic rings. The Bertz CT molecular complexity index is 285. The van der Waals surface area contributed by atoms with Gasteiger partial charge in [0.25, 0.3) is 0 Å². The largest absolute Gasteiger partial charge is 0.383 e. The number of anilines is 1. The minimum absolute atomic E-state index is 0.971. The van der Waals surface area contributed by atoms with E-state index in [1.54, 1.807) is 0 Å². The molecule has 84 valence electrons. The van der Waals surface area contributed by atoms with Crippen molar-refractivity contribution in [3.63, 3.8) is 0 Å². The molecule has 0 spiro atoms. The Morgan fingerprint density at radius 2 is 1.87 bits per heavy atom. The van der Waals surface area contributed by atoms with Gasteiger partial charge in [-0.1, -0.05) is 26.0 Å². The van der Waals surface area contributed by atoms with Crippen LogP contribution in [0.2, 0.25) is 0 Å². The molecule has 3 heteroatoms. The van der Waals surface area contributed by atoms with Crippen LogP contribution in [0.5, 0.6) is 0 Å². The lowest BCUT2D eigenvalue weighted by molar-refractivity contribution is 0.316. The highest BCUT2D eigenvalue weighted by molar-refractivity contribution is 7.80. The number of hydrogen-bond donors (Lipinski definition) is 2. The molecule has 0 heterocycles. The average molecular weight is 224 g/mol. The summed E-state index contributed by atoms with van der Waals surface area (Å²) in [4.78, 5) is 3.41. The molecule has 0 aromatic heterocycles. The predicted molar refractivity (Wildman–Crippen MR) is 70.0 cm³/mol. The number of nitrogens with one attached hydrogen (secondary N) is 1. The average Bonchev–Trinajstić information content (AvgIpc) is 2.27. The van der Waals surface area contributed by atoms with Crippen LogP contribution in [0.15, 0.2) is 29.2 Å².